The number of carbonyl (C=O) groups is 1. The van der Waals surface area contributed by atoms with E-state index >= 15 is 0 Å². The summed E-state index contributed by atoms with van der Waals surface area (Å²) < 4.78 is 25.1. The zero-order chi connectivity index (χ0) is 26.2. The Balaban J connectivity index is 1.57. The summed E-state index contributed by atoms with van der Waals surface area (Å²) in [5.74, 6) is 1.04. The van der Waals surface area contributed by atoms with Crippen LogP contribution in [0.15, 0.2) is 47.2 Å². The molecule has 1 aliphatic heterocycles. The molecule has 192 valence electrons. The van der Waals surface area contributed by atoms with E-state index in [0.717, 1.165) is 29.6 Å². The SMILES string of the molecule is COc1cc2ncnc(Nc3ccc(F)c(Cl)c3)c2cc1C[N+]1(Cc2cc(C)on2)CCC[C@@H]1C(N)=O. The molecule has 3 heterocycles. The van der Waals surface area contributed by atoms with Crippen LogP contribution in [0.1, 0.15) is 29.9 Å². The van der Waals surface area contributed by atoms with E-state index in [9.17, 15) is 9.18 Å². The molecular formula is C26H27ClFN6O3+. The Hall–Kier alpha value is -3.76. The highest BCUT2D eigenvalue weighted by molar-refractivity contribution is 6.31. The number of aryl methyl sites for hydroxylation is 1. The number of nitrogens with two attached hydrogens (primary N) is 1. The van der Waals surface area contributed by atoms with Crippen LogP contribution in [0.2, 0.25) is 5.02 Å². The van der Waals surface area contributed by atoms with Gasteiger partial charge in [-0.2, -0.15) is 0 Å². The van der Waals surface area contributed by atoms with Crippen LogP contribution in [0, 0.1) is 12.7 Å². The van der Waals surface area contributed by atoms with Crippen molar-refractivity contribution in [2.24, 2.45) is 5.73 Å². The second-order valence-corrected chi connectivity index (χ2v) is 9.81. The average Bonchev–Trinajstić information content (AvgIpc) is 3.47. The lowest BCUT2D eigenvalue weighted by atomic mass is 10.1. The van der Waals surface area contributed by atoms with Crippen LogP contribution >= 0.6 is 11.6 Å². The number of nitrogens with zero attached hydrogens (tertiary/aromatic N) is 4. The molecular weight excluding hydrogens is 499 g/mol. The van der Waals surface area contributed by atoms with E-state index in [1.807, 2.05) is 25.1 Å². The third-order valence-corrected chi connectivity index (χ3v) is 7.22. The van der Waals surface area contributed by atoms with Gasteiger partial charge in [-0.1, -0.05) is 16.8 Å². The smallest absolute Gasteiger partial charge is 0.275 e. The first-order chi connectivity index (χ1) is 17.8. The Morgan fingerprint density at radius 2 is 2.11 bits per heavy atom. The summed E-state index contributed by atoms with van der Waals surface area (Å²) in [4.78, 5) is 21.4. The lowest BCUT2D eigenvalue weighted by Crippen LogP contribution is -2.55. The average molecular weight is 526 g/mol. The van der Waals surface area contributed by atoms with Crippen molar-refractivity contribution in [3.8, 4) is 5.75 Å². The Bertz CT molecular complexity index is 1480. The normalized spacial score (nSPS) is 19.3. The van der Waals surface area contributed by atoms with E-state index in [-0.39, 0.29) is 17.0 Å². The van der Waals surface area contributed by atoms with Gasteiger partial charge in [0.15, 0.2) is 6.04 Å². The van der Waals surface area contributed by atoms with Crippen LogP contribution in [-0.2, 0) is 17.9 Å². The number of likely N-dealkylation sites (tertiary alicyclic amines) is 1. The summed E-state index contributed by atoms with van der Waals surface area (Å²) in [5.41, 5.74) is 8.77. The van der Waals surface area contributed by atoms with Crippen LogP contribution in [0.25, 0.3) is 10.9 Å². The summed E-state index contributed by atoms with van der Waals surface area (Å²) in [7, 11) is 1.60. The molecule has 0 aliphatic carbocycles. The topological polar surface area (TPSA) is 116 Å². The quantitative estimate of drug-likeness (QED) is 0.322. The summed E-state index contributed by atoms with van der Waals surface area (Å²) >= 11 is 5.96. The van der Waals surface area contributed by atoms with Gasteiger partial charge in [-0.15, -0.1) is 0 Å². The molecule has 0 spiro atoms. The number of hydrogen-bond donors (Lipinski definition) is 2. The Labute approximate surface area is 218 Å². The minimum atomic E-state index is -0.502. The van der Waals surface area contributed by atoms with Crippen molar-refractivity contribution in [3.05, 3.63) is 70.6 Å². The Morgan fingerprint density at radius 1 is 1.27 bits per heavy atom. The van der Waals surface area contributed by atoms with E-state index in [1.165, 1.54) is 18.5 Å². The lowest BCUT2D eigenvalue weighted by Gasteiger charge is -2.38. The van der Waals surface area contributed by atoms with Crippen molar-refractivity contribution in [2.75, 3.05) is 19.0 Å². The molecule has 1 fully saturated rings. The largest absolute Gasteiger partial charge is 0.496 e. The van der Waals surface area contributed by atoms with E-state index in [4.69, 9.17) is 26.6 Å². The summed E-state index contributed by atoms with van der Waals surface area (Å²) in [6.45, 7) is 3.57. The molecule has 0 bridgehead atoms. The van der Waals surface area contributed by atoms with Gasteiger partial charge in [-0.05, 0) is 31.2 Å². The third kappa shape index (κ3) is 4.94. The van der Waals surface area contributed by atoms with E-state index in [0.29, 0.717) is 52.5 Å². The highest BCUT2D eigenvalue weighted by Crippen LogP contribution is 2.37. The molecule has 11 heteroatoms. The molecule has 1 amide bonds. The van der Waals surface area contributed by atoms with Gasteiger partial charge in [0.25, 0.3) is 5.91 Å². The fourth-order valence-corrected chi connectivity index (χ4v) is 5.46. The van der Waals surface area contributed by atoms with Crippen molar-refractivity contribution < 1.29 is 22.9 Å². The number of quaternary nitrogens is 1. The number of rotatable bonds is 8. The van der Waals surface area contributed by atoms with Crippen LogP contribution in [0.5, 0.6) is 5.75 Å². The number of benzene rings is 2. The minimum Gasteiger partial charge on any atom is -0.496 e. The summed E-state index contributed by atoms with van der Waals surface area (Å²) in [6, 6.07) is 9.70. The van der Waals surface area contributed by atoms with Gasteiger partial charge in [0, 0.05) is 41.6 Å². The monoisotopic (exact) mass is 525 g/mol. The number of halogens is 2. The first-order valence-electron chi connectivity index (χ1n) is 11.9. The lowest BCUT2D eigenvalue weighted by molar-refractivity contribution is -0.956. The zero-order valence-electron chi connectivity index (χ0n) is 20.5. The zero-order valence-corrected chi connectivity index (χ0v) is 21.3. The molecule has 2 aromatic carbocycles. The van der Waals surface area contributed by atoms with Crippen LogP contribution in [-0.4, -0.2) is 45.2 Å². The van der Waals surface area contributed by atoms with Gasteiger partial charge in [-0.3, -0.25) is 4.79 Å². The molecule has 9 nitrogen and oxygen atoms in total. The maximum atomic E-state index is 13.7. The van der Waals surface area contributed by atoms with Gasteiger partial charge in [0.1, 0.15) is 48.3 Å². The van der Waals surface area contributed by atoms with Gasteiger partial charge in [-0.25, -0.2) is 14.4 Å². The number of amides is 1. The molecule has 5 rings (SSSR count). The first kappa shape index (κ1) is 24.9. The number of ether oxygens (including phenoxy) is 1. The molecule has 37 heavy (non-hydrogen) atoms. The van der Waals surface area contributed by atoms with Crippen LogP contribution in [0.3, 0.4) is 0 Å². The number of methoxy groups -OCH3 is 1. The number of primary amides is 1. The number of nitrogens with one attached hydrogen (secondary N) is 1. The standard InChI is InChI=1S/C26H26ClFN6O3/c1-15-8-18(33-37-15)13-34(7-3-4-23(34)25(29)35)12-16-9-19-22(11-24(16)36-2)30-14-31-26(19)32-17-5-6-21(28)20(27)10-17/h5-6,8-11,14,23H,3-4,7,12-13H2,1-2H3,(H2-,29,30,31,32,35)/p+1/t23-,34?/m1/s1. The van der Waals surface area contributed by atoms with E-state index in [2.05, 4.69) is 20.4 Å². The Kier molecular flexibility index (Phi) is 6.70. The van der Waals surface area contributed by atoms with Gasteiger partial charge < -0.3 is 24.8 Å². The summed E-state index contributed by atoms with van der Waals surface area (Å²) in [6.07, 6.45) is 3.00. The van der Waals surface area contributed by atoms with Crippen molar-refractivity contribution in [1.29, 1.82) is 0 Å². The second-order valence-electron chi connectivity index (χ2n) is 9.41. The third-order valence-electron chi connectivity index (χ3n) is 6.93. The highest BCUT2D eigenvalue weighted by Gasteiger charge is 2.46. The molecule has 2 aromatic heterocycles. The molecule has 3 N–H and O–H groups in total. The van der Waals surface area contributed by atoms with E-state index in [1.54, 1.807) is 13.2 Å². The second kappa shape index (κ2) is 9.95. The first-order valence-corrected chi connectivity index (χ1v) is 12.3. The molecule has 1 aliphatic rings. The number of carbonyl (C=O) groups excluding carboxylic acids is 1. The molecule has 1 saturated heterocycles. The molecule has 1 unspecified atom stereocenters. The maximum absolute atomic E-state index is 13.7. The predicted molar refractivity (Wildman–Crippen MR) is 137 cm³/mol. The van der Waals surface area contributed by atoms with E-state index < -0.39 is 5.82 Å². The molecule has 0 radical (unpaired) electrons. The van der Waals surface area contributed by atoms with Crippen molar-refractivity contribution in [1.82, 2.24) is 15.1 Å². The molecule has 0 saturated carbocycles. The maximum Gasteiger partial charge on any atom is 0.275 e. The highest BCUT2D eigenvalue weighted by atomic mass is 35.5. The minimum absolute atomic E-state index is 0.00628. The molecule has 2 atom stereocenters. The van der Waals surface area contributed by atoms with Crippen molar-refractivity contribution >= 4 is 39.9 Å². The number of fused-ring (bicyclic) bond motifs is 1. The van der Waals surface area contributed by atoms with Gasteiger partial charge >= 0.3 is 0 Å². The van der Waals surface area contributed by atoms with Crippen molar-refractivity contribution in [3.63, 3.8) is 0 Å². The number of aromatic nitrogens is 3. The van der Waals surface area contributed by atoms with Crippen LogP contribution < -0.4 is 15.8 Å². The van der Waals surface area contributed by atoms with Gasteiger partial charge in [0.05, 0.1) is 24.2 Å². The van der Waals surface area contributed by atoms with Crippen LogP contribution in [0.4, 0.5) is 15.9 Å². The Morgan fingerprint density at radius 3 is 2.81 bits per heavy atom. The fourth-order valence-electron chi connectivity index (χ4n) is 5.28. The van der Waals surface area contributed by atoms with Crippen molar-refractivity contribution in [2.45, 2.75) is 38.9 Å². The number of anilines is 2. The fraction of sp³-hybridized carbons (Fsp3) is 0.308. The predicted octanol–water partition coefficient (Wildman–Crippen LogP) is 4.64. The van der Waals surface area contributed by atoms with Gasteiger partial charge in [0.2, 0.25) is 0 Å². The molecule has 4 aromatic rings. The number of hydrogen-bond acceptors (Lipinski definition) is 7. The summed E-state index contributed by atoms with van der Waals surface area (Å²) in [5, 5.41) is 8.14.